The Bertz CT molecular complexity index is 2360. The number of methoxy groups -OCH3 is 1. The number of carbonyl (C=O) groups excluding carboxylic acids is 3. The minimum Gasteiger partial charge on any atom is -0.467 e. The quantitative estimate of drug-likeness (QED) is 0.101. The second kappa shape index (κ2) is 15.8. The third-order valence-electron chi connectivity index (χ3n) is 8.68. The molecule has 0 aliphatic rings. The standard InChI is InChI=1S/C38H36FN5O8S/c1-21(2)33(38(47)50-4)42-31(45)14-16-44(53(48)49)20-25-18-30-28(32(36(46)40-3)34(51-30)22-10-12-26(39)13-11-22)19-27(25)23-7-5-8-24(17-23)37-43-35-29(52-37)9-6-15-41-35/h5-13,15,17-19,21,33,53H,14,16,20H2,1-4H3,(H,40,46)(H,42,45)/t33-/m0/s1. The van der Waals surface area contributed by atoms with E-state index in [2.05, 4.69) is 20.6 Å². The molecule has 0 spiro atoms. The summed E-state index contributed by atoms with van der Waals surface area (Å²) in [6, 6.07) is 18.7. The van der Waals surface area contributed by atoms with Crippen LogP contribution in [0.25, 0.3) is 56.1 Å². The zero-order valence-corrected chi connectivity index (χ0v) is 30.1. The molecular weight excluding hydrogens is 706 g/mol. The minimum atomic E-state index is -3.20. The highest BCUT2D eigenvalue weighted by Gasteiger charge is 2.27. The monoisotopic (exact) mass is 741 g/mol. The van der Waals surface area contributed by atoms with Gasteiger partial charge in [-0.3, -0.25) is 9.59 Å². The van der Waals surface area contributed by atoms with Gasteiger partial charge in [0.25, 0.3) is 5.91 Å². The van der Waals surface area contributed by atoms with E-state index in [4.69, 9.17) is 13.6 Å². The van der Waals surface area contributed by atoms with Crippen LogP contribution in [0.1, 0.15) is 36.2 Å². The van der Waals surface area contributed by atoms with Gasteiger partial charge in [0.05, 0.1) is 12.7 Å². The first-order valence-electron chi connectivity index (χ1n) is 16.6. The summed E-state index contributed by atoms with van der Waals surface area (Å²) >= 11 is 0. The van der Waals surface area contributed by atoms with Gasteiger partial charge in [-0.1, -0.05) is 26.0 Å². The molecule has 3 aromatic heterocycles. The number of hydrogen-bond acceptors (Lipinski definition) is 10. The van der Waals surface area contributed by atoms with Crippen molar-refractivity contribution in [2.45, 2.75) is 32.9 Å². The van der Waals surface area contributed by atoms with E-state index in [1.807, 2.05) is 18.2 Å². The highest BCUT2D eigenvalue weighted by atomic mass is 32.2. The Labute approximate surface area is 305 Å². The lowest BCUT2D eigenvalue weighted by atomic mass is 9.94. The largest absolute Gasteiger partial charge is 0.467 e. The lowest BCUT2D eigenvalue weighted by Gasteiger charge is -2.21. The third-order valence-corrected chi connectivity index (χ3v) is 9.48. The molecule has 0 saturated heterocycles. The molecule has 0 saturated carbocycles. The molecule has 15 heteroatoms. The van der Waals surface area contributed by atoms with Gasteiger partial charge in [0.15, 0.2) is 11.2 Å². The van der Waals surface area contributed by atoms with Gasteiger partial charge in [0, 0.05) is 49.3 Å². The van der Waals surface area contributed by atoms with Crippen molar-refractivity contribution < 1.29 is 40.8 Å². The van der Waals surface area contributed by atoms with Crippen LogP contribution in [0.3, 0.4) is 0 Å². The van der Waals surface area contributed by atoms with Crippen molar-refractivity contribution in [2.24, 2.45) is 5.92 Å². The summed E-state index contributed by atoms with van der Waals surface area (Å²) in [6.07, 6.45) is 1.37. The molecule has 2 N–H and O–H groups in total. The molecule has 3 aromatic carbocycles. The summed E-state index contributed by atoms with van der Waals surface area (Å²) in [5.74, 6) is -1.79. The Hall–Kier alpha value is -5.93. The zero-order chi connectivity index (χ0) is 37.8. The Kier molecular flexibility index (Phi) is 11.0. The maximum absolute atomic E-state index is 13.9. The zero-order valence-electron chi connectivity index (χ0n) is 29.2. The number of thiol groups is 1. The minimum absolute atomic E-state index is 0.180. The van der Waals surface area contributed by atoms with Crippen LogP contribution in [0.5, 0.6) is 0 Å². The first-order valence-corrected chi connectivity index (χ1v) is 17.8. The average molecular weight is 742 g/mol. The molecule has 53 heavy (non-hydrogen) atoms. The Morgan fingerprint density at radius 1 is 0.943 bits per heavy atom. The van der Waals surface area contributed by atoms with Gasteiger partial charge in [-0.15, -0.1) is 0 Å². The van der Waals surface area contributed by atoms with Crippen LogP contribution in [0.2, 0.25) is 0 Å². The molecule has 0 fully saturated rings. The first-order chi connectivity index (χ1) is 25.5. The van der Waals surface area contributed by atoms with E-state index in [9.17, 15) is 27.2 Å². The van der Waals surface area contributed by atoms with Crippen molar-refractivity contribution in [3.8, 4) is 33.9 Å². The van der Waals surface area contributed by atoms with Gasteiger partial charge in [-0.25, -0.2) is 22.6 Å². The summed E-state index contributed by atoms with van der Waals surface area (Å²) in [5.41, 5.74) is 4.18. The number of esters is 1. The van der Waals surface area contributed by atoms with E-state index in [-0.39, 0.29) is 42.3 Å². The molecule has 274 valence electrons. The van der Waals surface area contributed by atoms with E-state index >= 15 is 0 Å². The summed E-state index contributed by atoms with van der Waals surface area (Å²) < 4.78 is 57.3. The van der Waals surface area contributed by atoms with Crippen LogP contribution in [0.15, 0.2) is 87.8 Å². The van der Waals surface area contributed by atoms with Gasteiger partial charge in [0.1, 0.15) is 23.2 Å². The van der Waals surface area contributed by atoms with Crippen molar-refractivity contribution in [2.75, 3.05) is 20.7 Å². The number of oxazole rings is 1. The number of pyridine rings is 1. The lowest BCUT2D eigenvalue weighted by Crippen LogP contribution is -2.45. The number of rotatable bonds is 13. The molecule has 6 aromatic rings. The predicted molar refractivity (Wildman–Crippen MR) is 195 cm³/mol. The van der Waals surface area contributed by atoms with Gasteiger partial charge in [0.2, 0.25) is 22.7 Å². The number of carbonyl (C=O) groups is 3. The maximum atomic E-state index is 13.9. The Morgan fingerprint density at radius 3 is 2.38 bits per heavy atom. The number of aromatic nitrogens is 2. The molecule has 0 aliphatic heterocycles. The van der Waals surface area contributed by atoms with Crippen LogP contribution < -0.4 is 10.6 Å². The highest BCUT2D eigenvalue weighted by molar-refractivity contribution is 7.69. The maximum Gasteiger partial charge on any atom is 0.328 e. The number of hydrogen-bond donors (Lipinski definition) is 3. The predicted octanol–water partition coefficient (Wildman–Crippen LogP) is 5.50. The number of amides is 2. The van der Waals surface area contributed by atoms with Gasteiger partial charge in [-0.2, -0.15) is 9.29 Å². The molecule has 0 aliphatic carbocycles. The number of nitrogens with one attached hydrogen (secondary N) is 2. The molecule has 3 heterocycles. The van der Waals surface area contributed by atoms with E-state index in [0.29, 0.717) is 50.3 Å². The van der Waals surface area contributed by atoms with Crippen molar-refractivity contribution in [1.82, 2.24) is 24.9 Å². The summed E-state index contributed by atoms with van der Waals surface area (Å²) in [6.45, 7) is 3.12. The van der Waals surface area contributed by atoms with E-state index in [0.717, 1.165) is 4.31 Å². The fourth-order valence-electron chi connectivity index (χ4n) is 5.97. The molecule has 1 atom stereocenters. The topological polar surface area (TPSA) is 174 Å². The van der Waals surface area contributed by atoms with Crippen molar-refractivity contribution in [3.63, 3.8) is 0 Å². The Balaban J connectivity index is 1.44. The fourth-order valence-corrected chi connectivity index (χ4v) is 6.50. The first kappa shape index (κ1) is 36.8. The molecule has 6 rings (SSSR count). The Morgan fingerprint density at radius 2 is 1.70 bits per heavy atom. The van der Waals surface area contributed by atoms with Crippen molar-refractivity contribution in [1.29, 1.82) is 0 Å². The molecule has 0 bridgehead atoms. The number of ether oxygens (including phenoxy) is 1. The van der Waals surface area contributed by atoms with Crippen LogP contribution in [0.4, 0.5) is 4.39 Å². The van der Waals surface area contributed by atoms with Crippen LogP contribution in [-0.4, -0.2) is 67.2 Å². The number of nitrogens with zero attached hydrogens (tertiary/aromatic N) is 3. The van der Waals surface area contributed by atoms with E-state index in [1.165, 1.54) is 38.4 Å². The van der Waals surface area contributed by atoms with Crippen LogP contribution >= 0.6 is 0 Å². The second-order valence-corrected chi connectivity index (χ2v) is 13.6. The second-order valence-electron chi connectivity index (χ2n) is 12.5. The van der Waals surface area contributed by atoms with Gasteiger partial charge < -0.3 is 24.2 Å². The lowest BCUT2D eigenvalue weighted by molar-refractivity contribution is -0.146. The van der Waals surface area contributed by atoms with Crippen LogP contribution in [0, 0.1) is 11.7 Å². The van der Waals surface area contributed by atoms with Gasteiger partial charge >= 0.3 is 5.97 Å². The molecule has 13 nitrogen and oxygen atoms in total. The SMILES string of the molecule is CNC(=O)c1c(-c2ccc(F)cc2)oc2cc(CN(CCC(=O)N[C@H](C(=O)OC)C(C)C)[SH](=O)=O)c(-c3cccc(-c4nc5ncccc5o4)c3)cc12. The smallest absolute Gasteiger partial charge is 0.328 e. The normalized spacial score (nSPS) is 12.2. The fraction of sp³-hybridized carbons (Fsp3) is 0.237. The van der Waals surface area contributed by atoms with Crippen LogP contribution in [-0.2, 0) is 31.8 Å². The molecular formula is C38H36FN5O8S. The summed E-state index contributed by atoms with van der Waals surface area (Å²) in [5, 5.41) is 5.71. The number of fused-ring (bicyclic) bond motifs is 2. The van der Waals surface area contributed by atoms with Gasteiger partial charge in [-0.05, 0) is 83.3 Å². The molecule has 0 radical (unpaired) electrons. The average Bonchev–Trinajstić information content (AvgIpc) is 3.76. The van der Waals surface area contributed by atoms with E-state index < -0.39 is 40.5 Å². The number of furan rings is 1. The summed E-state index contributed by atoms with van der Waals surface area (Å²) in [7, 11) is -0.492. The third kappa shape index (κ3) is 7.95. The van der Waals surface area contributed by atoms with Crippen molar-refractivity contribution in [3.05, 3.63) is 95.9 Å². The highest BCUT2D eigenvalue weighted by Crippen LogP contribution is 2.39. The van der Waals surface area contributed by atoms with Crippen molar-refractivity contribution >= 4 is 50.9 Å². The summed E-state index contributed by atoms with van der Waals surface area (Å²) in [4.78, 5) is 47.2. The molecule has 2 amide bonds. The number of halogens is 1. The molecule has 0 unspecified atom stereocenters. The number of benzene rings is 3. The van der Waals surface area contributed by atoms with E-state index in [1.54, 1.807) is 50.4 Å².